The molecule has 0 fully saturated rings. The van der Waals surface area contributed by atoms with Crippen LogP contribution in [0.5, 0.6) is 0 Å². The number of amides is 1. The van der Waals surface area contributed by atoms with Crippen LogP contribution in [0.25, 0.3) is 15.9 Å². The molecule has 0 saturated carbocycles. The molecule has 30 heavy (non-hydrogen) atoms. The molecule has 0 aliphatic heterocycles. The fraction of sp³-hybridized carbons (Fsp3) is 0.0500. The highest BCUT2D eigenvalue weighted by atomic mass is 35.5. The molecule has 0 bridgehead atoms. The van der Waals surface area contributed by atoms with E-state index in [0.717, 1.165) is 23.9 Å². The molecule has 0 spiro atoms. The van der Waals surface area contributed by atoms with E-state index in [9.17, 15) is 18.4 Å². The number of hydrogen-bond acceptors (Lipinski definition) is 5. The van der Waals surface area contributed by atoms with Crippen molar-refractivity contribution in [3.05, 3.63) is 80.9 Å². The van der Waals surface area contributed by atoms with Crippen LogP contribution in [0.15, 0.2) is 63.9 Å². The topological polar surface area (TPSA) is 64.0 Å². The van der Waals surface area contributed by atoms with Crippen LogP contribution in [0.2, 0.25) is 5.02 Å². The van der Waals surface area contributed by atoms with Gasteiger partial charge in [0.15, 0.2) is 5.16 Å². The highest BCUT2D eigenvalue weighted by Gasteiger charge is 2.17. The van der Waals surface area contributed by atoms with E-state index in [0.29, 0.717) is 27.0 Å². The van der Waals surface area contributed by atoms with Crippen LogP contribution in [0.4, 0.5) is 14.5 Å². The first-order chi connectivity index (χ1) is 14.4. The number of halogens is 3. The summed E-state index contributed by atoms with van der Waals surface area (Å²) >= 11 is 8.57. The number of fused-ring (bicyclic) bond motifs is 1. The Labute approximate surface area is 182 Å². The van der Waals surface area contributed by atoms with Crippen LogP contribution >= 0.6 is 34.7 Å². The van der Waals surface area contributed by atoms with Crippen LogP contribution in [-0.4, -0.2) is 21.2 Å². The predicted molar refractivity (Wildman–Crippen MR) is 116 cm³/mol. The van der Waals surface area contributed by atoms with Crippen LogP contribution in [0.1, 0.15) is 0 Å². The summed E-state index contributed by atoms with van der Waals surface area (Å²) in [6, 6.07) is 11.3. The quantitative estimate of drug-likeness (QED) is 0.330. The molecule has 2 heterocycles. The van der Waals surface area contributed by atoms with E-state index in [1.165, 1.54) is 15.9 Å². The van der Waals surface area contributed by atoms with Crippen molar-refractivity contribution < 1.29 is 13.6 Å². The molecule has 2 aromatic carbocycles. The van der Waals surface area contributed by atoms with Gasteiger partial charge in [0.05, 0.1) is 22.0 Å². The lowest BCUT2D eigenvalue weighted by molar-refractivity contribution is -0.113. The minimum absolute atomic E-state index is 0.00263. The van der Waals surface area contributed by atoms with E-state index >= 15 is 0 Å². The number of thiophene rings is 1. The highest BCUT2D eigenvalue weighted by molar-refractivity contribution is 7.99. The van der Waals surface area contributed by atoms with Crippen molar-refractivity contribution in [3.8, 4) is 5.69 Å². The summed E-state index contributed by atoms with van der Waals surface area (Å²) in [6.07, 6.45) is 0. The molecule has 4 rings (SSSR count). The van der Waals surface area contributed by atoms with Crippen molar-refractivity contribution in [2.24, 2.45) is 0 Å². The fourth-order valence-corrected chi connectivity index (χ4v) is 4.57. The summed E-state index contributed by atoms with van der Waals surface area (Å²) in [6.45, 7) is 0. The van der Waals surface area contributed by atoms with Gasteiger partial charge in [-0.05, 0) is 35.7 Å². The van der Waals surface area contributed by atoms with Gasteiger partial charge in [-0.15, -0.1) is 11.3 Å². The van der Waals surface area contributed by atoms with Crippen LogP contribution in [-0.2, 0) is 4.79 Å². The predicted octanol–water partition coefficient (Wildman–Crippen LogP) is 5.11. The Morgan fingerprint density at radius 3 is 2.63 bits per heavy atom. The Kier molecular flexibility index (Phi) is 5.85. The maximum atomic E-state index is 13.3. The van der Waals surface area contributed by atoms with Crippen molar-refractivity contribution in [2.75, 3.05) is 11.1 Å². The molecule has 2 aromatic heterocycles. The third kappa shape index (κ3) is 4.23. The number of benzene rings is 2. The highest BCUT2D eigenvalue weighted by Crippen LogP contribution is 2.27. The molecule has 0 aliphatic carbocycles. The normalized spacial score (nSPS) is 11.0. The van der Waals surface area contributed by atoms with E-state index in [-0.39, 0.29) is 22.2 Å². The lowest BCUT2D eigenvalue weighted by Crippen LogP contribution is -2.22. The van der Waals surface area contributed by atoms with E-state index < -0.39 is 17.5 Å². The third-order valence-electron chi connectivity index (χ3n) is 4.02. The number of nitrogens with one attached hydrogen (secondary N) is 1. The van der Waals surface area contributed by atoms with Gasteiger partial charge in [0, 0.05) is 11.8 Å². The number of nitrogens with zero attached hydrogens (tertiary/aromatic N) is 2. The summed E-state index contributed by atoms with van der Waals surface area (Å²) in [4.78, 5) is 29.9. The Hall–Kier alpha value is -2.75. The number of para-hydroxylation sites is 1. The average Bonchev–Trinajstić information content (AvgIpc) is 3.15. The molecule has 0 unspecified atom stereocenters. The van der Waals surface area contributed by atoms with Gasteiger partial charge in [-0.25, -0.2) is 13.8 Å². The summed E-state index contributed by atoms with van der Waals surface area (Å²) in [5.41, 5.74) is 0.673. The number of aromatic nitrogens is 2. The fourth-order valence-electron chi connectivity index (χ4n) is 2.79. The molecule has 0 aliphatic rings. The number of anilines is 1. The summed E-state index contributed by atoms with van der Waals surface area (Å²) < 4.78 is 28.5. The van der Waals surface area contributed by atoms with Gasteiger partial charge < -0.3 is 5.32 Å². The molecular weight excluding hydrogens is 452 g/mol. The molecule has 1 N–H and O–H groups in total. The second-order valence-corrected chi connectivity index (χ2v) is 8.38. The number of thioether (sulfide) groups is 1. The first-order valence-corrected chi connectivity index (χ1v) is 10.8. The van der Waals surface area contributed by atoms with Crippen LogP contribution < -0.4 is 10.9 Å². The van der Waals surface area contributed by atoms with Gasteiger partial charge in [-0.1, -0.05) is 35.5 Å². The van der Waals surface area contributed by atoms with Gasteiger partial charge in [-0.3, -0.25) is 14.2 Å². The minimum Gasteiger partial charge on any atom is -0.325 e. The van der Waals surface area contributed by atoms with Gasteiger partial charge in [0.25, 0.3) is 5.56 Å². The SMILES string of the molecule is O=C(CSc1nc2ccsc2c(=O)n1-c1ccccc1Cl)Nc1cc(F)cc(F)c1. The van der Waals surface area contributed by atoms with Crippen molar-refractivity contribution in [1.29, 1.82) is 0 Å². The summed E-state index contributed by atoms with van der Waals surface area (Å²) in [5.74, 6) is -2.23. The second-order valence-electron chi connectivity index (χ2n) is 6.12. The maximum Gasteiger partial charge on any atom is 0.276 e. The lowest BCUT2D eigenvalue weighted by atomic mass is 10.3. The minimum atomic E-state index is -0.796. The molecule has 0 atom stereocenters. The van der Waals surface area contributed by atoms with Crippen LogP contribution in [0, 0.1) is 11.6 Å². The zero-order valence-corrected chi connectivity index (χ0v) is 17.5. The van der Waals surface area contributed by atoms with E-state index in [1.807, 2.05) is 0 Å². The first kappa shape index (κ1) is 20.5. The Bertz CT molecular complexity index is 1300. The molecule has 0 saturated heterocycles. The van der Waals surface area contributed by atoms with Crippen LogP contribution in [0.3, 0.4) is 0 Å². The molecular formula is C20H12ClF2N3O2S2. The maximum absolute atomic E-state index is 13.3. The van der Waals surface area contributed by atoms with Gasteiger partial charge in [-0.2, -0.15) is 0 Å². The number of carbonyl (C=O) groups excluding carboxylic acids is 1. The van der Waals surface area contributed by atoms with Crippen molar-refractivity contribution >= 4 is 56.5 Å². The molecule has 152 valence electrons. The van der Waals surface area contributed by atoms with Gasteiger partial charge >= 0.3 is 0 Å². The zero-order chi connectivity index (χ0) is 21.3. The van der Waals surface area contributed by atoms with Crippen molar-refractivity contribution in [2.45, 2.75) is 5.16 Å². The standard InChI is InChI=1S/C20H12ClF2N3O2S2/c21-14-3-1-2-4-16(14)26-19(28)18-15(5-6-29-18)25-20(26)30-10-17(27)24-13-8-11(22)7-12(23)9-13/h1-9H,10H2,(H,24,27). The van der Waals surface area contributed by atoms with Gasteiger partial charge in [0.2, 0.25) is 5.91 Å². The number of carbonyl (C=O) groups is 1. The van der Waals surface area contributed by atoms with E-state index in [4.69, 9.17) is 11.6 Å². The molecule has 4 aromatic rings. The van der Waals surface area contributed by atoms with Crippen molar-refractivity contribution in [1.82, 2.24) is 9.55 Å². The largest absolute Gasteiger partial charge is 0.325 e. The molecule has 10 heteroatoms. The Balaban J connectivity index is 1.65. The van der Waals surface area contributed by atoms with E-state index in [2.05, 4.69) is 10.3 Å². The summed E-state index contributed by atoms with van der Waals surface area (Å²) in [5, 5.41) is 4.83. The van der Waals surface area contributed by atoms with Crippen molar-refractivity contribution in [3.63, 3.8) is 0 Å². The average molecular weight is 464 g/mol. The Morgan fingerprint density at radius 1 is 1.17 bits per heavy atom. The van der Waals surface area contributed by atoms with E-state index in [1.54, 1.807) is 35.7 Å². The van der Waals surface area contributed by atoms with Gasteiger partial charge in [0.1, 0.15) is 16.3 Å². The smallest absolute Gasteiger partial charge is 0.276 e. The molecule has 5 nitrogen and oxygen atoms in total. The number of rotatable bonds is 5. The monoisotopic (exact) mass is 463 g/mol. The zero-order valence-electron chi connectivity index (χ0n) is 15.1. The number of hydrogen-bond donors (Lipinski definition) is 1. The second kappa shape index (κ2) is 8.55. The first-order valence-electron chi connectivity index (χ1n) is 8.56. The third-order valence-corrected chi connectivity index (χ3v) is 6.17. The Morgan fingerprint density at radius 2 is 1.90 bits per heavy atom. The molecule has 0 radical (unpaired) electrons. The lowest BCUT2D eigenvalue weighted by Gasteiger charge is -2.13. The molecule has 1 amide bonds. The summed E-state index contributed by atoms with van der Waals surface area (Å²) in [7, 11) is 0.